The van der Waals surface area contributed by atoms with Gasteiger partial charge in [0.15, 0.2) is 0 Å². The molecule has 0 amide bonds. The number of likely N-dealkylation sites (N-methyl/N-ethyl adjacent to an activating group) is 1. The Balaban J connectivity index is 1.51. The molecule has 0 radical (unpaired) electrons. The maximum Gasteiger partial charge on any atom is 0.417 e. The SMILES string of the molecule is CCO[C@H]1CN(C)C[C@@H]1NC1CCN(c2ccc(C(F)(F)F)cn2)CC1. The van der Waals surface area contributed by atoms with Crippen LogP contribution in [0, 0.1) is 0 Å². The van der Waals surface area contributed by atoms with E-state index in [-0.39, 0.29) is 6.10 Å². The number of aromatic nitrogens is 1. The molecule has 1 aromatic heterocycles. The molecule has 146 valence electrons. The van der Waals surface area contributed by atoms with Gasteiger partial charge in [-0.1, -0.05) is 0 Å². The lowest BCUT2D eigenvalue weighted by atomic mass is 10.0. The maximum absolute atomic E-state index is 12.6. The zero-order valence-corrected chi connectivity index (χ0v) is 15.3. The number of alkyl halides is 3. The van der Waals surface area contributed by atoms with Crippen molar-refractivity contribution in [2.45, 2.75) is 44.1 Å². The van der Waals surface area contributed by atoms with E-state index in [9.17, 15) is 13.2 Å². The lowest BCUT2D eigenvalue weighted by Crippen LogP contribution is -2.50. The van der Waals surface area contributed by atoms with Gasteiger partial charge in [-0.15, -0.1) is 0 Å². The third-order valence-electron chi connectivity index (χ3n) is 5.17. The molecule has 0 aromatic carbocycles. The molecule has 0 spiro atoms. The van der Waals surface area contributed by atoms with Crippen molar-refractivity contribution in [3.63, 3.8) is 0 Å². The van der Waals surface area contributed by atoms with Crippen molar-refractivity contribution >= 4 is 5.82 Å². The van der Waals surface area contributed by atoms with Gasteiger partial charge in [-0.05, 0) is 38.9 Å². The molecule has 5 nitrogen and oxygen atoms in total. The van der Waals surface area contributed by atoms with Crippen LogP contribution in [0.5, 0.6) is 0 Å². The molecule has 2 aliphatic rings. The number of ether oxygens (including phenoxy) is 1. The number of nitrogens with one attached hydrogen (secondary N) is 1. The summed E-state index contributed by atoms with van der Waals surface area (Å²) in [5.74, 6) is 0.615. The van der Waals surface area contributed by atoms with Gasteiger partial charge in [0.05, 0.1) is 11.7 Å². The van der Waals surface area contributed by atoms with Crippen LogP contribution in [-0.2, 0) is 10.9 Å². The van der Waals surface area contributed by atoms with Gasteiger partial charge >= 0.3 is 6.18 Å². The normalized spacial score (nSPS) is 25.8. The van der Waals surface area contributed by atoms with E-state index in [0.29, 0.717) is 24.5 Å². The summed E-state index contributed by atoms with van der Waals surface area (Å²) in [4.78, 5) is 8.33. The van der Waals surface area contributed by atoms with Crippen LogP contribution in [-0.4, -0.2) is 67.9 Å². The number of halogens is 3. The zero-order chi connectivity index (χ0) is 18.7. The van der Waals surface area contributed by atoms with Gasteiger partial charge in [-0.25, -0.2) is 4.98 Å². The number of pyridine rings is 1. The highest BCUT2D eigenvalue weighted by atomic mass is 19.4. The maximum atomic E-state index is 12.6. The Kier molecular flexibility index (Phi) is 6.04. The van der Waals surface area contributed by atoms with E-state index >= 15 is 0 Å². The van der Waals surface area contributed by atoms with E-state index in [1.54, 1.807) is 0 Å². The first-order chi connectivity index (χ1) is 12.4. The van der Waals surface area contributed by atoms with Crippen molar-refractivity contribution in [1.82, 2.24) is 15.2 Å². The molecule has 1 N–H and O–H groups in total. The number of hydrogen-bond donors (Lipinski definition) is 1. The molecule has 2 fully saturated rings. The van der Waals surface area contributed by atoms with Crippen LogP contribution < -0.4 is 10.2 Å². The van der Waals surface area contributed by atoms with Crippen LogP contribution in [0.3, 0.4) is 0 Å². The number of piperidine rings is 1. The smallest absolute Gasteiger partial charge is 0.375 e. The van der Waals surface area contributed by atoms with Crippen molar-refractivity contribution in [1.29, 1.82) is 0 Å². The van der Waals surface area contributed by atoms with Gasteiger partial charge < -0.3 is 19.9 Å². The molecule has 3 heterocycles. The summed E-state index contributed by atoms with van der Waals surface area (Å²) in [7, 11) is 2.10. The van der Waals surface area contributed by atoms with Crippen LogP contribution >= 0.6 is 0 Å². The lowest BCUT2D eigenvalue weighted by molar-refractivity contribution is -0.137. The average molecular weight is 372 g/mol. The molecule has 8 heteroatoms. The highest BCUT2D eigenvalue weighted by Gasteiger charge is 2.34. The first-order valence-electron chi connectivity index (χ1n) is 9.21. The minimum absolute atomic E-state index is 0.222. The first-order valence-corrected chi connectivity index (χ1v) is 9.21. The standard InChI is InChI=1S/C18H27F3N4O/c1-3-26-16-12-24(2)11-15(16)23-14-6-8-25(9-7-14)17-5-4-13(10-22-17)18(19,20)21/h4-5,10,14-16,23H,3,6-9,11-12H2,1-2H3/t15-,16-/m0/s1. The summed E-state index contributed by atoms with van der Waals surface area (Å²) in [5.41, 5.74) is -0.704. The van der Waals surface area contributed by atoms with Gasteiger partial charge in [-0.3, -0.25) is 0 Å². The second-order valence-corrected chi connectivity index (χ2v) is 7.15. The van der Waals surface area contributed by atoms with Gasteiger partial charge in [0.25, 0.3) is 0 Å². The number of likely N-dealkylation sites (tertiary alicyclic amines) is 1. The Morgan fingerprint density at radius 3 is 2.54 bits per heavy atom. The molecular formula is C18H27F3N4O. The minimum atomic E-state index is -4.34. The Labute approximate surface area is 152 Å². The van der Waals surface area contributed by atoms with E-state index < -0.39 is 11.7 Å². The number of rotatable bonds is 5. The van der Waals surface area contributed by atoms with E-state index in [4.69, 9.17) is 4.74 Å². The van der Waals surface area contributed by atoms with Gasteiger partial charge in [0.2, 0.25) is 0 Å². The zero-order valence-electron chi connectivity index (χ0n) is 15.3. The molecule has 3 rings (SSSR count). The van der Waals surface area contributed by atoms with Gasteiger partial charge in [0.1, 0.15) is 5.82 Å². The lowest BCUT2D eigenvalue weighted by Gasteiger charge is -2.35. The summed E-state index contributed by atoms with van der Waals surface area (Å²) in [5, 5.41) is 3.72. The quantitative estimate of drug-likeness (QED) is 0.860. The molecule has 2 aliphatic heterocycles. The average Bonchev–Trinajstić information content (AvgIpc) is 2.94. The fourth-order valence-corrected chi connectivity index (χ4v) is 3.82. The molecule has 2 atom stereocenters. The second kappa shape index (κ2) is 8.10. The van der Waals surface area contributed by atoms with Crippen molar-refractivity contribution in [2.24, 2.45) is 0 Å². The van der Waals surface area contributed by atoms with Crippen LogP contribution in [0.15, 0.2) is 18.3 Å². The van der Waals surface area contributed by atoms with E-state index in [0.717, 1.165) is 51.3 Å². The molecule has 0 aliphatic carbocycles. The number of nitrogens with zero attached hydrogens (tertiary/aromatic N) is 3. The van der Waals surface area contributed by atoms with Crippen molar-refractivity contribution in [3.05, 3.63) is 23.9 Å². The molecular weight excluding hydrogens is 345 g/mol. The first kappa shape index (κ1) is 19.4. The van der Waals surface area contributed by atoms with Crippen LogP contribution in [0.25, 0.3) is 0 Å². The predicted octanol–water partition coefficient (Wildman–Crippen LogP) is 2.38. The van der Waals surface area contributed by atoms with Crippen molar-refractivity contribution in [3.8, 4) is 0 Å². The van der Waals surface area contributed by atoms with Crippen LogP contribution in [0.4, 0.5) is 19.0 Å². The Morgan fingerprint density at radius 2 is 1.96 bits per heavy atom. The Morgan fingerprint density at radius 1 is 1.23 bits per heavy atom. The van der Waals surface area contributed by atoms with Crippen molar-refractivity contribution in [2.75, 3.05) is 44.7 Å². The summed E-state index contributed by atoms with van der Waals surface area (Å²) in [6, 6.07) is 3.31. The number of hydrogen-bond acceptors (Lipinski definition) is 5. The summed E-state index contributed by atoms with van der Waals surface area (Å²) < 4.78 is 43.8. The van der Waals surface area contributed by atoms with Gasteiger partial charge in [-0.2, -0.15) is 13.2 Å². The largest absolute Gasteiger partial charge is 0.417 e. The fourth-order valence-electron chi connectivity index (χ4n) is 3.82. The molecule has 0 bridgehead atoms. The van der Waals surface area contributed by atoms with Crippen LogP contribution in [0.2, 0.25) is 0 Å². The number of anilines is 1. The van der Waals surface area contributed by atoms with E-state index in [2.05, 4.69) is 27.1 Å². The highest BCUT2D eigenvalue weighted by Crippen LogP contribution is 2.30. The summed E-state index contributed by atoms with van der Waals surface area (Å²) in [6.45, 7) is 6.24. The Bertz CT molecular complexity index is 573. The van der Waals surface area contributed by atoms with Gasteiger partial charge in [0, 0.05) is 51.1 Å². The molecule has 26 heavy (non-hydrogen) atoms. The molecule has 0 saturated carbocycles. The molecule has 0 unspecified atom stereocenters. The minimum Gasteiger partial charge on any atom is -0.375 e. The molecule has 1 aromatic rings. The van der Waals surface area contributed by atoms with Crippen molar-refractivity contribution < 1.29 is 17.9 Å². The molecule has 2 saturated heterocycles. The third-order valence-corrected chi connectivity index (χ3v) is 5.17. The van der Waals surface area contributed by atoms with E-state index in [1.807, 2.05) is 6.92 Å². The third kappa shape index (κ3) is 4.66. The predicted molar refractivity (Wildman–Crippen MR) is 94.3 cm³/mol. The highest BCUT2D eigenvalue weighted by molar-refractivity contribution is 5.40. The van der Waals surface area contributed by atoms with E-state index in [1.165, 1.54) is 6.07 Å². The monoisotopic (exact) mass is 372 g/mol. The second-order valence-electron chi connectivity index (χ2n) is 7.15. The Hall–Kier alpha value is -1.38. The topological polar surface area (TPSA) is 40.6 Å². The van der Waals surface area contributed by atoms with Crippen LogP contribution in [0.1, 0.15) is 25.3 Å². The fraction of sp³-hybridized carbons (Fsp3) is 0.722. The summed E-state index contributed by atoms with van der Waals surface area (Å²) >= 11 is 0. The summed E-state index contributed by atoms with van der Waals surface area (Å²) in [6.07, 6.45) is -1.31.